The Bertz CT molecular complexity index is 312. The molecule has 78 valence electrons. The first-order chi connectivity index (χ1) is 6.69. The third-order valence-corrected chi connectivity index (χ3v) is 2.15. The van der Waals surface area contributed by atoms with Crippen molar-refractivity contribution in [1.82, 2.24) is 4.98 Å². The first kappa shape index (κ1) is 10.8. The van der Waals surface area contributed by atoms with Gasteiger partial charge in [0.25, 0.3) is 0 Å². The Morgan fingerprint density at radius 1 is 1.50 bits per heavy atom. The fourth-order valence-corrected chi connectivity index (χ4v) is 1.17. The van der Waals surface area contributed by atoms with E-state index in [4.69, 9.17) is 10.5 Å². The number of pyridine rings is 1. The van der Waals surface area contributed by atoms with Crippen LogP contribution in [0, 0.1) is 13.8 Å². The first-order valence-corrected chi connectivity index (χ1v) is 4.65. The van der Waals surface area contributed by atoms with E-state index < -0.39 is 0 Å². The van der Waals surface area contributed by atoms with Gasteiger partial charge in [-0.2, -0.15) is 4.98 Å². The van der Waals surface area contributed by atoms with Crippen LogP contribution in [0.2, 0.25) is 0 Å². The molecule has 0 aromatic carbocycles. The summed E-state index contributed by atoms with van der Waals surface area (Å²) in [6.07, 6.45) is 0. The minimum atomic E-state index is 0.595. The molecular formula is C10H17N3O. The predicted octanol–water partition coefficient (Wildman–Crippen LogP) is 1.08. The van der Waals surface area contributed by atoms with Crippen molar-refractivity contribution in [2.24, 2.45) is 5.73 Å². The van der Waals surface area contributed by atoms with Crippen molar-refractivity contribution in [3.05, 3.63) is 17.2 Å². The summed E-state index contributed by atoms with van der Waals surface area (Å²) < 4.78 is 5.09. The number of aryl methyl sites for hydroxylation is 1. The summed E-state index contributed by atoms with van der Waals surface area (Å²) >= 11 is 0. The number of nitrogens with two attached hydrogens (primary N) is 1. The molecule has 14 heavy (non-hydrogen) atoms. The minimum absolute atomic E-state index is 0.595. The number of nitrogens with one attached hydrogen (secondary N) is 1. The lowest BCUT2D eigenvalue weighted by Gasteiger charge is -2.11. The number of hydrogen-bond acceptors (Lipinski definition) is 4. The van der Waals surface area contributed by atoms with Crippen LogP contribution in [0.25, 0.3) is 0 Å². The number of rotatable bonds is 4. The SMILES string of the molecule is COc1cc(C)c(C)c(NCCN)n1. The smallest absolute Gasteiger partial charge is 0.215 e. The van der Waals surface area contributed by atoms with E-state index in [1.54, 1.807) is 7.11 Å². The number of nitrogens with zero attached hydrogens (tertiary/aromatic N) is 1. The Morgan fingerprint density at radius 2 is 2.21 bits per heavy atom. The van der Waals surface area contributed by atoms with Crippen LogP contribution < -0.4 is 15.8 Å². The Kier molecular flexibility index (Phi) is 3.71. The van der Waals surface area contributed by atoms with Crippen molar-refractivity contribution < 1.29 is 4.74 Å². The summed E-state index contributed by atoms with van der Waals surface area (Å²) in [6.45, 7) is 5.38. The van der Waals surface area contributed by atoms with Crippen LogP contribution >= 0.6 is 0 Å². The number of anilines is 1. The second-order valence-corrected chi connectivity index (χ2v) is 3.17. The van der Waals surface area contributed by atoms with Gasteiger partial charge in [-0.25, -0.2) is 0 Å². The van der Waals surface area contributed by atoms with Gasteiger partial charge in [-0.1, -0.05) is 0 Å². The molecule has 0 saturated carbocycles. The normalized spacial score (nSPS) is 10.0. The molecule has 0 saturated heterocycles. The molecule has 0 aliphatic rings. The van der Waals surface area contributed by atoms with Gasteiger partial charge < -0.3 is 15.8 Å². The average molecular weight is 195 g/mol. The molecule has 1 aromatic rings. The van der Waals surface area contributed by atoms with Crippen molar-refractivity contribution in [2.75, 3.05) is 25.5 Å². The molecule has 3 N–H and O–H groups in total. The molecule has 1 rings (SSSR count). The van der Waals surface area contributed by atoms with Gasteiger partial charge in [0.05, 0.1) is 7.11 Å². The summed E-state index contributed by atoms with van der Waals surface area (Å²) in [5.41, 5.74) is 7.72. The zero-order valence-electron chi connectivity index (χ0n) is 8.92. The van der Waals surface area contributed by atoms with E-state index in [2.05, 4.69) is 10.3 Å². The number of ether oxygens (including phenoxy) is 1. The zero-order chi connectivity index (χ0) is 10.6. The summed E-state index contributed by atoms with van der Waals surface area (Å²) in [4.78, 5) is 4.30. The third-order valence-electron chi connectivity index (χ3n) is 2.15. The summed E-state index contributed by atoms with van der Waals surface area (Å²) in [7, 11) is 1.61. The Labute approximate surface area is 84.5 Å². The third kappa shape index (κ3) is 2.35. The Morgan fingerprint density at radius 3 is 2.79 bits per heavy atom. The fourth-order valence-electron chi connectivity index (χ4n) is 1.17. The predicted molar refractivity (Wildman–Crippen MR) is 57.8 cm³/mol. The molecule has 0 radical (unpaired) electrons. The van der Waals surface area contributed by atoms with Crippen molar-refractivity contribution in [1.29, 1.82) is 0 Å². The van der Waals surface area contributed by atoms with E-state index in [9.17, 15) is 0 Å². The van der Waals surface area contributed by atoms with Crippen molar-refractivity contribution >= 4 is 5.82 Å². The molecule has 4 nitrogen and oxygen atoms in total. The van der Waals surface area contributed by atoms with E-state index in [0.29, 0.717) is 12.4 Å². The van der Waals surface area contributed by atoms with Gasteiger partial charge in [0.15, 0.2) is 0 Å². The van der Waals surface area contributed by atoms with Gasteiger partial charge in [0, 0.05) is 19.2 Å². The van der Waals surface area contributed by atoms with Crippen LogP contribution in [0.3, 0.4) is 0 Å². The van der Waals surface area contributed by atoms with E-state index in [1.165, 1.54) is 0 Å². The van der Waals surface area contributed by atoms with Gasteiger partial charge in [-0.05, 0) is 25.0 Å². The van der Waals surface area contributed by atoms with Crippen LogP contribution in [-0.4, -0.2) is 25.2 Å². The fraction of sp³-hybridized carbons (Fsp3) is 0.500. The Hall–Kier alpha value is -1.29. The van der Waals surface area contributed by atoms with Crippen LogP contribution in [0.5, 0.6) is 5.88 Å². The van der Waals surface area contributed by atoms with Crippen LogP contribution in [0.1, 0.15) is 11.1 Å². The number of hydrogen-bond donors (Lipinski definition) is 2. The van der Waals surface area contributed by atoms with Gasteiger partial charge in [-0.3, -0.25) is 0 Å². The first-order valence-electron chi connectivity index (χ1n) is 4.65. The molecule has 0 amide bonds. The van der Waals surface area contributed by atoms with Crippen LogP contribution in [0.4, 0.5) is 5.82 Å². The molecule has 0 aliphatic carbocycles. The van der Waals surface area contributed by atoms with Gasteiger partial charge in [-0.15, -0.1) is 0 Å². The van der Waals surface area contributed by atoms with E-state index in [0.717, 1.165) is 23.5 Å². The monoisotopic (exact) mass is 195 g/mol. The highest BCUT2D eigenvalue weighted by Gasteiger charge is 2.05. The lowest BCUT2D eigenvalue weighted by molar-refractivity contribution is 0.398. The Balaban J connectivity index is 2.95. The summed E-state index contributed by atoms with van der Waals surface area (Å²) in [5, 5.41) is 3.16. The topological polar surface area (TPSA) is 60.2 Å². The lowest BCUT2D eigenvalue weighted by Crippen LogP contribution is -2.15. The average Bonchev–Trinajstić information content (AvgIpc) is 2.20. The van der Waals surface area contributed by atoms with Gasteiger partial charge in [0.1, 0.15) is 5.82 Å². The van der Waals surface area contributed by atoms with Gasteiger partial charge >= 0.3 is 0 Å². The highest BCUT2D eigenvalue weighted by molar-refractivity contribution is 5.49. The highest BCUT2D eigenvalue weighted by atomic mass is 16.5. The van der Waals surface area contributed by atoms with E-state index in [-0.39, 0.29) is 0 Å². The second kappa shape index (κ2) is 4.81. The lowest BCUT2D eigenvalue weighted by atomic mass is 10.1. The van der Waals surface area contributed by atoms with Crippen molar-refractivity contribution in [3.63, 3.8) is 0 Å². The molecule has 0 spiro atoms. The summed E-state index contributed by atoms with van der Waals surface area (Å²) in [6, 6.07) is 1.92. The quantitative estimate of drug-likeness (QED) is 0.754. The van der Waals surface area contributed by atoms with Gasteiger partial charge in [0.2, 0.25) is 5.88 Å². The summed E-state index contributed by atoms with van der Waals surface area (Å²) in [5.74, 6) is 1.49. The maximum Gasteiger partial charge on any atom is 0.215 e. The molecule has 4 heteroatoms. The molecule has 0 unspecified atom stereocenters. The standard InChI is InChI=1S/C10H17N3O/c1-7-6-9(14-3)13-10(8(7)2)12-5-4-11/h6H,4-5,11H2,1-3H3,(H,12,13). The minimum Gasteiger partial charge on any atom is -0.481 e. The molecule has 1 heterocycles. The van der Waals surface area contributed by atoms with Crippen molar-refractivity contribution in [3.8, 4) is 5.88 Å². The molecule has 0 aliphatic heterocycles. The molecular weight excluding hydrogens is 178 g/mol. The molecule has 0 bridgehead atoms. The highest BCUT2D eigenvalue weighted by Crippen LogP contribution is 2.20. The number of methoxy groups -OCH3 is 1. The van der Waals surface area contributed by atoms with Crippen LogP contribution in [0.15, 0.2) is 6.07 Å². The maximum atomic E-state index is 5.41. The van der Waals surface area contributed by atoms with Crippen LogP contribution in [-0.2, 0) is 0 Å². The van der Waals surface area contributed by atoms with E-state index >= 15 is 0 Å². The second-order valence-electron chi connectivity index (χ2n) is 3.17. The molecule has 0 fully saturated rings. The largest absolute Gasteiger partial charge is 0.481 e. The molecule has 1 aromatic heterocycles. The molecule has 0 atom stereocenters. The van der Waals surface area contributed by atoms with E-state index in [1.807, 2.05) is 19.9 Å². The van der Waals surface area contributed by atoms with Crippen molar-refractivity contribution in [2.45, 2.75) is 13.8 Å². The number of aromatic nitrogens is 1. The zero-order valence-corrected chi connectivity index (χ0v) is 8.92. The maximum absolute atomic E-state index is 5.41.